The molecule has 0 N–H and O–H groups in total. The van der Waals surface area contributed by atoms with Gasteiger partial charge < -0.3 is 4.90 Å². The van der Waals surface area contributed by atoms with Crippen molar-refractivity contribution in [2.45, 2.75) is 6.92 Å². The van der Waals surface area contributed by atoms with Gasteiger partial charge in [-0.25, -0.2) is 23.4 Å². The predicted molar refractivity (Wildman–Crippen MR) is 115 cm³/mol. The average molecular weight is 433 g/mol. The zero-order chi connectivity index (χ0) is 20.2. The number of hydrogen-bond donors (Lipinski definition) is 0. The fraction of sp³-hybridized carbons (Fsp3) is 0.286. The zero-order valence-corrected chi connectivity index (χ0v) is 17.4. The second-order valence-corrected chi connectivity index (χ2v) is 6.93. The summed E-state index contributed by atoms with van der Waals surface area (Å²) < 4.78 is 29.1. The van der Waals surface area contributed by atoms with Gasteiger partial charge in [-0.1, -0.05) is 12.2 Å². The van der Waals surface area contributed by atoms with Crippen molar-refractivity contribution in [3.8, 4) is 5.95 Å². The van der Waals surface area contributed by atoms with Crippen molar-refractivity contribution in [2.75, 3.05) is 37.6 Å². The Bertz CT molecular complexity index is 1000. The van der Waals surface area contributed by atoms with Gasteiger partial charge in [-0.15, -0.1) is 12.4 Å². The van der Waals surface area contributed by atoms with Crippen molar-refractivity contribution < 1.29 is 8.78 Å². The molecule has 1 saturated heterocycles. The monoisotopic (exact) mass is 432 g/mol. The standard InChI is InChI=1S/C21H22F2N6.ClH/c1-16-17(15-26-29(16)21-24-7-3-8-25-21)4-2-9-27-10-12-28(13-11-27)20-14-18(22)5-6-19(20)23;/h2-8,14-15H,9-13H2,1H3;1H/b4-2+;. The lowest BCUT2D eigenvalue weighted by atomic mass is 10.2. The van der Waals surface area contributed by atoms with Crippen molar-refractivity contribution >= 4 is 24.2 Å². The van der Waals surface area contributed by atoms with Crippen LogP contribution in [0.3, 0.4) is 0 Å². The van der Waals surface area contributed by atoms with Crippen LogP contribution in [0, 0.1) is 18.6 Å². The Morgan fingerprint density at radius 3 is 2.53 bits per heavy atom. The molecule has 0 atom stereocenters. The lowest BCUT2D eigenvalue weighted by molar-refractivity contribution is 0.283. The fourth-order valence-corrected chi connectivity index (χ4v) is 3.42. The van der Waals surface area contributed by atoms with Crippen molar-refractivity contribution in [3.05, 3.63) is 71.8 Å². The summed E-state index contributed by atoms with van der Waals surface area (Å²) in [5.74, 6) is -0.247. The van der Waals surface area contributed by atoms with Gasteiger partial charge in [-0.3, -0.25) is 4.90 Å². The summed E-state index contributed by atoms with van der Waals surface area (Å²) in [7, 11) is 0. The molecule has 2 aromatic heterocycles. The van der Waals surface area contributed by atoms with Crippen molar-refractivity contribution in [1.82, 2.24) is 24.6 Å². The first kappa shape index (κ1) is 21.9. The lowest BCUT2D eigenvalue weighted by Crippen LogP contribution is -2.46. The molecule has 1 aromatic carbocycles. The van der Waals surface area contributed by atoms with E-state index >= 15 is 0 Å². The minimum Gasteiger partial charge on any atom is -0.367 e. The van der Waals surface area contributed by atoms with Crippen LogP contribution in [0.5, 0.6) is 0 Å². The Morgan fingerprint density at radius 1 is 1.07 bits per heavy atom. The van der Waals surface area contributed by atoms with Crippen molar-refractivity contribution in [2.24, 2.45) is 0 Å². The second kappa shape index (κ2) is 9.77. The van der Waals surface area contributed by atoms with Crippen LogP contribution in [0.25, 0.3) is 12.0 Å². The van der Waals surface area contributed by atoms with Gasteiger partial charge >= 0.3 is 0 Å². The molecular formula is C21H23ClF2N6. The maximum Gasteiger partial charge on any atom is 0.250 e. The van der Waals surface area contributed by atoms with Gasteiger partial charge in [0.2, 0.25) is 0 Å². The topological polar surface area (TPSA) is 50.1 Å². The number of rotatable bonds is 5. The van der Waals surface area contributed by atoms with Gasteiger partial charge in [0.15, 0.2) is 0 Å². The summed E-state index contributed by atoms with van der Waals surface area (Å²) in [6, 6.07) is 5.37. The SMILES string of the molecule is Cc1c(/C=C/CN2CCN(c3cc(F)ccc3F)CC2)cnn1-c1ncccn1.Cl. The molecule has 0 radical (unpaired) electrons. The Morgan fingerprint density at radius 2 is 1.80 bits per heavy atom. The van der Waals surface area contributed by atoms with Gasteiger partial charge in [0.25, 0.3) is 5.95 Å². The van der Waals surface area contributed by atoms with Gasteiger partial charge in [0.05, 0.1) is 17.6 Å². The Labute approximate surface area is 180 Å². The molecule has 1 aliphatic rings. The molecule has 9 heteroatoms. The smallest absolute Gasteiger partial charge is 0.250 e. The summed E-state index contributed by atoms with van der Waals surface area (Å²) in [5.41, 5.74) is 2.32. The molecule has 0 spiro atoms. The van der Waals surface area contributed by atoms with Crippen LogP contribution in [0.15, 0.2) is 48.9 Å². The number of benzene rings is 1. The number of halogens is 3. The molecule has 0 amide bonds. The highest BCUT2D eigenvalue weighted by Gasteiger charge is 2.19. The number of nitrogens with zero attached hydrogens (tertiary/aromatic N) is 6. The van der Waals surface area contributed by atoms with Crippen molar-refractivity contribution in [1.29, 1.82) is 0 Å². The third-order valence-corrected chi connectivity index (χ3v) is 5.07. The largest absolute Gasteiger partial charge is 0.367 e. The highest BCUT2D eigenvalue weighted by Crippen LogP contribution is 2.22. The van der Waals surface area contributed by atoms with Crippen LogP contribution in [0.1, 0.15) is 11.3 Å². The normalized spacial score (nSPS) is 14.8. The molecule has 3 heterocycles. The molecule has 0 unspecified atom stereocenters. The average Bonchev–Trinajstić information content (AvgIpc) is 3.11. The molecule has 3 aromatic rings. The molecular weight excluding hydrogens is 410 g/mol. The number of hydrogen-bond acceptors (Lipinski definition) is 5. The van der Waals surface area contributed by atoms with Crippen LogP contribution in [-0.2, 0) is 0 Å². The van der Waals surface area contributed by atoms with Gasteiger partial charge in [-0.05, 0) is 25.1 Å². The molecule has 0 bridgehead atoms. The van der Waals surface area contributed by atoms with E-state index in [1.54, 1.807) is 29.3 Å². The van der Waals surface area contributed by atoms with E-state index in [2.05, 4.69) is 26.0 Å². The first-order valence-electron chi connectivity index (χ1n) is 9.53. The van der Waals surface area contributed by atoms with E-state index in [1.807, 2.05) is 17.9 Å². The molecule has 158 valence electrons. The maximum atomic E-state index is 14.0. The quantitative estimate of drug-likeness (QED) is 0.617. The third-order valence-electron chi connectivity index (χ3n) is 5.07. The summed E-state index contributed by atoms with van der Waals surface area (Å²) in [6.07, 6.45) is 9.31. The summed E-state index contributed by atoms with van der Waals surface area (Å²) >= 11 is 0. The molecule has 0 aliphatic carbocycles. The zero-order valence-electron chi connectivity index (χ0n) is 16.6. The maximum absolute atomic E-state index is 14.0. The molecule has 1 aliphatic heterocycles. The van der Waals surface area contributed by atoms with Gasteiger partial charge in [0, 0.05) is 56.7 Å². The highest BCUT2D eigenvalue weighted by atomic mass is 35.5. The van der Waals surface area contributed by atoms with Gasteiger partial charge in [-0.2, -0.15) is 5.10 Å². The fourth-order valence-electron chi connectivity index (χ4n) is 3.42. The molecule has 30 heavy (non-hydrogen) atoms. The number of piperazine rings is 1. The molecule has 0 saturated carbocycles. The van der Waals surface area contributed by atoms with E-state index in [1.165, 1.54) is 12.1 Å². The summed E-state index contributed by atoms with van der Waals surface area (Å²) in [5, 5.41) is 4.36. The minimum absolute atomic E-state index is 0. The van der Waals surface area contributed by atoms with Crippen LogP contribution in [-0.4, -0.2) is 57.4 Å². The second-order valence-electron chi connectivity index (χ2n) is 6.93. The van der Waals surface area contributed by atoms with Crippen molar-refractivity contribution in [3.63, 3.8) is 0 Å². The van der Waals surface area contributed by atoms with Crippen LogP contribution < -0.4 is 4.90 Å². The Kier molecular flexibility index (Phi) is 7.12. The summed E-state index contributed by atoms with van der Waals surface area (Å²) in [4.78, 5) is 12.6. The molecule has 1 fully saturated rings. The lowest BCUT2D eigenvalue weighted by Gasteiger charge is -2.35. The first-order chi connectivity index (χ1) is 14.1. The van der Waals surface area contributed by atoms with E-state index in [4.69, 9.17) is 0 Å². The molecule has 4 rings (SSSR count). The Hall–Kier alpha value is -2.84. The summed E-state index contributed by atoms with van der Waals surface area (Å²) in [6.45, 7) is 5.67. The van der Waals surface area contributed by atoms with Crippen LogP contribution >= 0.6 is 12.4 Å². The van der Waals surface area contributed by atoms with Crippen LogP contribution in [0.4, 0.5) is 14.5 Å². The third kappa shape index (κ3) is 4.83. The van der Waals surface area contributed by atoms with E-state index in [9.17, 15) is 8.78 Å². The van der Waals surface area contributed by atoms with Gasteiger partial charge in [0.1, 0.15) is 11.6 Å². The first-order valence-corrected chi connectivity index (χ1v) is 9.53. The number of aromatic nitrogens is 4. The van der Waals surface area contributed by atoms with E-state index in [-0.39, 0.29) is 18.2 Å². The number of anilines is 1. The van der Waals surface area contributed by atoms with Crippen LogP contribution in [0.2, 0.25) is 0 Å². The Balaban J connectivity index is 0.00000256. The molecule has 6 nitrogen and oxygen atoms in total. The highest BCUT2D eigenvalue weighted by molar-refractivity contribution is 5.85. The predicted octanol–water partition coefficient (Wildman–Crippen LogP) is 3.51. The van der Waals surface area contributed by atoms with E-state index < -0.39 is 5.82 Å². The minimum atomic E-state index is -0.413. The van der Waals surface area contributed by atoms with E-state index in [0.29, 0.717) is 24.7 Å². The van der Waals surface area contributed by atoms with E-state index in [0.717, 1.165) is 37.0 Å².